The molecule has 1 nitrogen and oxygen atoms in total. The van der Waals surface area contributed by atoms with E-state index in [1.54, 1.807) is 6.07 Å². The maximum atomic E-state index is 13.3. The van der Waals surface area contributed by atoms with Gasteiger partial charge in [0.05, 0.1) is 5.02 Å². The molecule has 1 heterocycles. The van der Waals surface area contributed by atoms with Gasteiger partial charge in [-0.3, -0.25) is 0 Å². The van der Waals surface area contributed by atoms with E-state index in [2.05, 4.69) is 39.4 Å². The fourth-order valence-corrected chi connectivity index (χ4v) is 3.68. The molecular weight excluding hydrogens is 341 g/mol. The molecule has 1 aliphatic heterocycles. The Kier molecular flexibility index (Phi) is 3.85. The number of benzene rings is 2. The first-order valence-corrected chi connectivity index (χ1v) is 7.67. The molecule has 20 heavy (non-hydrogen) atoms. The maximum Gasteiger partial charge on any atom is 0.141 e. The van der Waals surface area contributed by atoms with E-state index in [9.17, 15) is 4.39 Å². The second-order valence-corrected chi connectivity index (χ2v) is 6.55. The lowest BCUT2D eigenvalue weighted by Gasteiger charge is -2.44. The van der Waals surface area contributed by atoms with Gasteiger partial charge in [0.25, 0.3) is 0 Å². The Bertz CT molecular complexity index is 640. The van der Waals surface area contributed by atoms with Crippen LogP contribution in [0.1, 0.15) is 11.1 Å². The standard InChI is InChI=1S/C16H14BrClFN/c17-13-4-2-1-3-12(13)16(9-20-10-16)8-11-5-6-15(19)14(18)7-11/h1-7,20H,8-10H2. The van der Waals surface area contributed by atoms with Crippen molar-refractivity contribution in [2.75, 3.05) is 13.1 Å². The van der Waals surface area contributed by atoms with Crippen LogP contribution in [0.3, 0.4) is 0 Å². The first kappa shape index (κ1) is 14.1. The Morgan fingerprint density at radius 2 is 1.95 bits per heavy atom. The third-order valence-corrected chi connectivity index (χ3v) is 4.88. The fraction of sp³-hybridized carbons (Fsp3) is 0.250. The van der Waals surface area contributed by atoms with E-state index < -0.39 is 0 Å². The summed E-state index contributed by atoms with van der Waals surface area (Å²) in [7, 11) is 0. The molecule has 2 aromatic rings. The lowest BCUT2D eigenvalue weighted by Crippen LogP contribution is -2.58. The van der Waals surface area contributed by atoms with Crippen molar-refractivity contribution in [3.05, 3.63) is 68.9 Å². The quantitative estimate of drug-likeness (QED) is 0.865. The summed E-state index contributed by atoms with van der Waals surface area (Å²) in [6, 6.07) is 13.3. The van der Waals surface area contributed by atoms with Gasteiger partial charge in [0.15, 0.2) is 0 Å². The Hall–Kier alpha value is -0.900. The Morgan fingerprint density at radius 1 is 1.20 bits per heavy atom. The largest absolute Gasteiger partial charge is 0.315 e. The first-order chi connectivity index (χ1) is 9.61. The molecule has 0 radical (unpaired) electrons. The predicted octanol–water partition coefficient (Wildman–Crippen LogP) is 4.33. The smallest absolute Gasteiger partial charge is 0.141 e. The molecule has 1 N–H and O–H groups in total. The normalized spacial score (nSPS) is 16.8. The van der Waals surface area contributed by atoms with E-state index in [0.29, 0.717) is 0 Å². The molecule has 0 aliphatic carbocycles. The first-order valence-electron chi connectivity index (χ1n) is 6.50. The number of nitrogens with one attached hydrogen (secondary N) is 1. The van der Waals surface area contributed by atoms with E-state index in [-0.39, 0.29) is 16.3 Å². The highest BCUT2D eigenvalue weighted by atomic mass is 79.9. The van der Waals surface area contributed by atoms with Gasteiger partial charge in [-0.05, 0) is 35.7 Å². The number of hydrogen-bond acceptors (Lipinski definition) is 1. The molecule has 0 unspecified atom stereocenters. The van der Waals surface area contributed by atoms with Crippen LogP contribution in [0, 0.1) is 5.82 Å². The molecule has 4 heteroatoms. The molecule has 1 saturated heterocycles. The molecule has 1 fully saturated rings. The van der Waals surface area contributed by atoms with Crippen molar-refractivity contribution in [2.24, 2.45) is 0 Å². The monoisotopic (exact) mass is 353 g/mol. The van der Waals surface area contributed by atoms with Crippen LogP contribution in [-0.4, -0.2) is 13.1 Å². The Morgan fingerprint density at radius 3 is 2.55 bits per heavy atom. The van der Waals surface area contributed by atoms with Crippen molar-refractivity contribution < 1.29 is 4.39 Å². The van der Waals surface area contributed by atoms with Gasteiger partial charge in [-0.25, -0.2) is 4.39 Å². The molecule has 0 aromatic heterocycles. The maximum absolute atomic E-state index is 13.3. The minimum atomic E-state index is -0.364. The van der Waals surface area contributed by atoms with Gasteiger partial charge in [0.2, 0.25) is 0 Å². The van der Waals surface area contributed by atoms with Gasteiger partial charge >= 0.3 is 0 Å². The summed E-state index contributed by atoms with van der Waals surface area (Å²) >= 11 is 9.51. The molecule has 0 atom stereocenters. The summed E-state index contributed by atoms with van der Waals surface area (Å²) in [5, 5.41) is 3.54. The average molecular weight is 355 g/mol. The zero-order valence-corrected chi connectivity index (χ0v) is 13.1. The second kappa shape index (κ2) is 5.47. The summed E-state index contributed by atoms with van der Waals surface area (Å²) in [5.74, 6) is -0.364. The Balaban J connectivity index is 1.94. The van der Waals surface area contributed by atoms with Gasteiger partial charge in [0.1, 0.15) is 5.82 Å². The predicted molar refractivity (Wildman–Crippen MR) is 83.8 cm³/mol. The summed E-state index contributed by atoms with van der Waals surface area (Å²) in [5.41, 5.74) is 2.41. The SMILES string of the molecule is Fc1ccc(CC2(c3ccccc3Br)CNC2)cc1Cl. The molecule has 1 aliphatic rings. The molecule has 0 bridgehead atoms. The van der Waals surface area contributed by atoms with Crippen LogP contribution in [0.4, 0.5) is 4.39 Å². The highest BCUT2D eigenvalue weighted by Gasteiger charge is 2.39. The van der Waals surface area contributed by atoms with Crippen LogP contribution < -0.4 is 5.32 Å². The molecule has 104 valence electrons. The summed E-state index contributed by atoms with van der Waals surface area (Å²) in [6.45, 7) is 1.84. The topological polar surface area (TPSA) is 12.0 Å². The van der Waals surface area contributed by atoms with E-state index in [1.807, 2.05) is 12.1 Å². The highest BCUT2D eigenvalue weighted by Crippen LogP contribution is 2.37. The number of hydrogen-bond donors (Lipinski definition) is 1. The molecule has 0 amide bonds. The van der Waals surface area contributed by atoms with Crippen molar-refractivity contribution >= 4 is 27.5 Å². The van der Waals surface area contributed by atoms with E-state index in [0.717, 1.165) is 29.5 Å². The summed E-state index contributed by atoms with van der Waals surface area (Å²) in [6.07, 6.45) is 0.850. The third-order valence-electron chi connectivity index (χ3n) is 3.90. The Labute approximate surface area is 131 Å². The van der Waals surface area contributed by atoms with Gasteiger partial charge < -0.3 is 5.32 Å². The van der Waals surface area contributed by atoms with Gasteiger partial charge in [-0.15, -0.1) is 0 Å². The van der Waals surface area contributed by atoms with E-state index in [1.165, 1.54) is 11.6 Å². The fourth-order valence-electron chi connectivity index (χ4n) is 2.77. The molecular formula is C16H14BrClFN. The van der Waals surface area contributed by atoms with Crippen LogP contribution in [0.5, 0.6) is 0 Å². The average Bonchev–Trinajstić information content (AvgIpc) is 2.39. The highest BCUT2D eigenvalue weighted by molar-refractivity contribution is 9.10. The van der Waals surface area contributed by atoms with Crippen molar-refractivity contribution in [2.45, 2.75) is 11.8 Å². The third kappa shape index (κ3) is 2.50. The summed E-state index contributed by atoms with van der Waals surface area (Å²) < 4.78 is 14.4. The zero-order chi connectivity index (χ0) is 14.2. The molecule has 2 aromatic carbocycles. The van der Waals surface area contributed by atoms with Gasteiger partial charge in [-0.1, -0.05) is 51.8 Å². The molecule has 0 spiro atoms. The van der Waals surface area contributed by atoms with Crippen LogP contribution >= 0.6 is 27.5 Å². The van der Waals surface area contributed by atoms with Crippen molar-refractivity contribution in [3.8, 4) is 0 Å². The van der Waals surface area contributed by atoms with E-state index >= 15 is 0 Å². The zero-order valence-electron chi connectivity index (χ0n) is 10.8. The molecule has 3 rings (SSSR count). The lowest BCUT2D eigenvalue weighted by atomic mass is 9.71. The lowest BCUT2D eigenvalue weighted by molar-refractivity contribution is 0.273. The molecule has 0 saturated carbocycles. The van der Waals surface area contributed by atoms with Crippen LogP contribution in [0.2, 0.25) is 5.02 Å². The number of halogens is 3. The van der Waals surface area contributed by atoms with E-state index in [4.69, 9.17) is 11.6 Å². The van der Waals surface area contributed by atoms with Crippen LogP contribution in [0.15, 0.2) is 46.9 Å². The second-order valence-electron chi connectivity index (χ2n) is 5.29. The minimum absolute atomic E-state index is 0.0568. The van der Waals surface area contributed by atoms with Crippen LogP contribution in [0.25, 0.3) is 0 Å². The van der Waals surface area contributed by atoms with Crippen LogP contribution in [-0.2, 0) is 11.8 Å². The number of rotatable bonds is 3. The van der Waals surface area contributed by atoms with Crippen molar-refractivity contribution in [1.29, 1.82) is 0 Å². The summed E-state index contributed by atoms with van der Waals surface area (Å²) in [4.78, 5) is 0. The van der Waals surface area contributed by atoms with Crippen molar-refractivity contribution in [1.82, 2.24) is 5.32 Å². The van der Waals surface area contributed by atoms with Gasteiger partial charge in [-0.2, -0.15) is 0 Å². The van der Waals surface area contributed by atoms with Crippen molar-refractivity contribution in [3.63, 3.8) is 0 Å². The van der Waals surface area contributed by atoms with Gasteiger partial charge in [0, 0.05) is 23.0 Å². The minimum Gasteiger partial charge on any atom is -0.315 e.